The molecule has 0 aliphatic heterocycles. The summed E-state index contributed by atoms with van der Waals surface area (Å²) in [5.74, 6) is 0.773. The van der Waals surface area contributed by atoms with E-state index in [0.717, 1.165) is 27.9 Å². The molecular weight excluding hydrogens is 360 g/mol. The van der Waals surface area contributed by atoms with E-state index in [2.05, 4.69) is 9.71 Å². The second-order valence-corrected chi connectivity index (χ2v) is 7.95. The topological polar surface area (TPSA) is 71.2 Å². The molecule has 0 saturated heterocycles. The van der Waals surface area contributed by atoms with Crippen molar-refractivity contribution in [3.8, 4) is 5.75 Å². The Morgan fingerprint density at radius 2 is 1.88 bits per heavy atom. The zero-order valence-corrected chi connectivity index (χ0v) is 15.5. The molecule has 1 aromatic heterocycles. The zero-order chi connectivity index (χ0) is 18.0. The summed E-state index contributed by atoms with van der Waals surface area (Å²) >= 11 is 5.80. The highest BCUT2D eigenvalue weighted by molar-refractivity contribution is 7.89. The third kappa shape index (κ3) is 3.81. The molecule has 2 N–H and O–H groups in total. The van der Waals surface area contributed by atoms with Crippen LogP contribution in [0, 0.1) is 6.92 Å². The minimum atomic E-state index is -3.55. The van der Waals surface area contributed by atoms with Gasteiger partial charge in [-0.2, -0.15) is 0 Å². The minimum absolute atomic E-state index is 0.203. The largest absolute Gasteiger partial charge is 0.497 e. The zero-order valence-electron chi connectivity index (χ0n) is 14.0. The van der Waals surface area contributed by atoms with Gasteiger partial charge >= 0.3 is 0 Å². The van der Waals surface area contributed by atoms with Crippen LogP contribution in [0.5, 0.6) is 5.75 Å². The Balaban J connectivity index is 1.76. The maximum Gasteiger partial charge on any atom is 0.240 e. The molecule has 5 nitrogen and oxygen atoms in total. The standard InChI is InChI=1S/C18H19ClN2O3S/c1-12-16(17-11-14(24-2)5-8-18(17)21-12)9-10-20-25(22,23)15-6-3-13(19)4-7-15/h3-8,11,20-21H,9-10H2,1-2H3. The lowest BCUT2D eigenvalue weighted by Crippen LogP contribution is -2.26. The number of nitrogens with one attached hydrogen (secondary N) is 2. The van der Waals surface area contributed by atoms with Crippen molar-refractivity contribution in [3.05, 3.63) is 58.7 Å². The van der Waals surface area contributed by atoms with Gasteiger partial charge in [0.15, 0.2) is 0 Å². The van der Waals surface area contributed by atoms with E-state index in [4.69, 9.17) is 16.3 Å². The summed E-state index contributed by atoms with van der Waals surface area (Å²) in [6.45, 7) is 2.28. The summed E-state index contributed by atoms with van der Waals surface area (Å²) in [6, 6.07) is 11.9. The molecule has 0 fully saturated rings. The number of benzene rings is 2. The van der Waals surface area contributed by atoms with E-state index in [1.165, 1.54) is 12.1 Å². The Morgan fingerprint density at radius 3 is 2.56 bits per heavy atom. The fourth-order valence-corrected chi connectivity index (χ4v) is 3.98. The smallest absolute Gasteiger partial charge is 0.240 e. The molecule has 0 bridgehead atoms. The molecule has 3 rings (SSSR count). The number of aromatic nitrogens is 1. The number of methoxy groups -OCH3 is 1. The Kier molecular flexibility index (Phi) is 5.03. The Bertz CT molecular complexity index is 995. The summed E-state index contributed by atoms with van der Waals surface area (Å²) in [5.41, 5.74) is 3.11. The Hall–Kier alpha value is -2.02. The van der Waals surface area contributed by atoms with Crippen LogP contribution >= 0.6 is 11.6 Å². The number of ether oxygens (including phenoxy) is 1. The molecule has 0 radical (unpaired) electrons. The predicted molar refractivity (Wildman–Crippen MR) is 99.9 cm³/mol. The molecule has 0 spiro atoms. The second-order valence-electron chi connectivity index (χ2n) is 5.74. The van der Waals surface area contributed by atoms with E-state index in [1.54, 1.807) is 19.2 Å². The molecule has 0 aliphatic rings. The number of fused-ring (bicyclic) bond motifs is 1. The van der Waals surface area contributed by atoms with Gasteiger partial charge in [0.25, 0.3) is 0 Å². The number of sulfonamides is 1. The first-order chi connectivity index (χ1) is 11.9. The summed E-state index contributed by atoms with van der Waals surface area (Å²) < 4.78 is 32.6. The van der Waals surface area contributed by atoms with Crippen LogP contribution in [0.25, 0.3) is 10.9 Å². The summed E-state index contributed by atoms with van der Waals surface area (Å²) in [6.07, 6.45) is 0.575. The fourth-order valence-electron chi connectivity index (χ4n) is 2.82. The quantitative estimate of drug-likeness (QED) is 0.687. The van der Waals surface area contributed by atoms with E-state index in [-0.39, 0.29) is 4.90 Å². The lowest BCUT2D eigenvalue weighted by atomic mass is 10.1. The molecule has 3 aromatic rings. The fraction of sp³-hybridized carbons (Fsp3) is 0.222. The predicted octanol–water partition coefficient (Wildman–Crippen LogP) is 3.66. The van der Waals surface area contributed by atoms with E-state index >= 15 is 0 Å². The minimum Gasteiger partial charge on any atom is -0.497 e. The van der Waals surface area contributed by atoms with Gasteiger partial charge in [-0.1, -0.05) is 11.6 Å². The molecule has 7 heteroatoms. The van der Waals surface area contributed by atoms with Gasteiger partial charge in [0.2, 0.25) is 10.0 Å². The maximum atomic E-state index is 12.3. The molecule has 132 valence electrons. The number of aryl methyl sites for hydroxylation is 1. The van der Waals surface area contributed by atoms with Crippen LogP contribution < -0.4 is 9.46 Å². The van der Waals surface area contributed by atoms with Crippen LogP contribution in [0.4, 0.5) is 0 Å². The van der Waals surface area contributed by atoms with Gasteiger partial charge < -0.3 is 9.72 Å². The molecule has 0 saturated carbocycles. The van der Waals surface area contributed by atoms with Crippen LogP contribution in [0.1, 0.15) is 11.3 Å². The van der Waals surface area contributed by atoms with Crippen LogP contribution in [0.3, 0.4) is 0 Å². The van der Waals surface area contributed by atoms with Crippen molar-refractivity contribution in [1.82, 2.24) is 9.71 Å². The van der Waals surface area contributed by atoms with E-state index in [9.17, 15) is 8.42 Å². The number of rotatable bonds is 6. The highest BCUT2D eigenvalue weighted by Gasteiger charge is 2.15. The van der Waals surface area contributed by atoms with Crippen molar-refractivity contribution in [2.45, 2.75) is 18.2 Å². The van der Waals surface area contributed by atoms with Gasteiger partial charge in [0.1, 0.15) is 5.75 Å². The van der Waals surface area contributed by atoms with E-state index in [1.807, 2.05) is 25.1 Å². The summed E-state index contributed by atoms with van der Waals surface area (Å²) in [7, 11) is -1.93. The van der Waals surface area contributed by atoms with Crippen LogP contribution in [-0.2, 0) is 16.4 Å². The first kappa shape index (κ1) is 17.8. The Labute approximate surface area is 152 Å². The van der Waals surface area contributed by atoms with Crippen molar-refractivity contribution < 1.29 is 13.2 Å². The number of halogens is 1. The number of aromatic amines is 1. The van der Waals surface area contributed by atoms with Crippen LogP contribution in [0.2, 0.25) is 5.02 Å². The average molecular weight is 379 g/mol. The molecule has 25 heavy (non-hydrogen) atoms. The normalized spacial score (nSPS) is 11.8. The second kappa shape index (κ2) is 7.07. The Morgan fingerprint density at radius 1 is 1.16 bits per heavy atom. The number of hydrogen-bond acceptors (Lipinski definition) is 3. The monoisotopic (exact) mass is 378 g/mol. The van der Waals surface area contributed by atoms with Gasteiger partial charge in [-0.15, -0.1) is 0 Å². The third-order valence-electron chi connectivity index (χ3n) is 4.12. The number of hydrogen-bond donors (Lipinski definition) is 2. The average Bonchev–Trinajstić information content (AvgIpc) is 2.90. The van der Waals surface area contributed by atoms with Gasteiger partial charge in [-0.05, 0) is 61.4 Å². The highest BCUT2D eigenvalue weighted by atomic mass is 35.5. The lowest BCUT2D eigenvalue weighted by Gasteiger charge is -2.07. The lowest BCUT2D eigenvalue weighted by molar-refractivity contribution is 0.415. The molecule has 0 unspecified atom stereocenters. The van der Waals surface area contributed by atoms with E-state index in [0.29, 0.717) is 18.0 Å². The van der Waals surface area contributed by atoms with Crippen LogP contribution in [0.15, 0.2) is 47.4 Å². The highest BCUT2D eigenvalue weighted by Crippen LogP contribution is 2.26. The van der Waals surface area contributed by atoms with Gasteiger partial charge in [0.05, 0.1) is 12.0 Å². The van der Waals surface area contributed by atoms with Gasteiger partial charge in [0, 0.05) is 28.2 Å². The van der Waals surface area contributed by atoms with Crippen molar-refractivity contribution >= 4 is 32.5 Å². The molecule has 0 amide bonds. The van der Waals surface area contributed by atoms with Gasteiger partial charge in [-0.3, -0.25) is 0 Å². The SMILES string of the molecule is COc1ccc2[nH]c(C)c(CCNS(=O)(=O)c3ccc(Cl)cc3)c2c1. The van der Waals surface area contributed by atoms with Crippen LogP contribution in [-0.4, -0.2) is 27.1 Å². The van der Waals surface area contributed by atoms with Gasteiger partial charge in [-0.25, -0.2) is 13.1 Å². The molecule has 2 aromatic carbocycles. The first-order valence-corrected chi connectivity index (χ1v) is 9.67. The molecular formula is C18H19ClN2O3S. The summed E-state index contributed by atoms with van der Waals surface area (Å²) in [4.78, 5) is 3.52. The molecule has 0 aliphatic carbocycles. The van der Waals surface area contributed by atoms with Crippen molar-refractivity contribution in [2.24, 2.45) is 0 Å². The summed E-state index contributed by atoms with van der Waals surface area (Å²) in [5, 5.41) is 1.55. The molecule has 1 heterocycles. The van der Waals surface area contributed by atoms with E-state index < -0.39 is 10.0 Å². The van der Waals surface area contributed by atoms with Crippen molar-refractivity contribution in [3.63, 3.8) is 0 Å². The number of H-pyrrole nitrogens is 1. The third-order valence-corrected chi connectivity index (χ3v) is 5.85. The first-order valence-electron chi connectivity index (χ1n) is 7.81. The van der Waals surface area contributed by atoms with Crippen molar-refractivity contribution in [1.29, 1.82) is 0 Å². The van der Waals surface area contributed by atoms with Crippen molar-refractivity contribution in [2.75, 3.05) is 13.7 Å². The maximum absolute atomic E-state index is 12.3. The molecule has 0 atom stereocenters.